The van der Waals surface area contributed by atoms with Crippen LogP contribution in [0.5, 0.6) is 0 Å². The van der Waals surface area contributed by atoms with E-state index in [1.54, 1.807) is 13.0 Å². The average Bonchev–Trinajstić information content (AvgIpc) is 1.65. The molecule has 0 spiro atoms. The molecule has 8 heavy (non-hydrogen) atoms. The molecule has 0 bridgehead atoms. The van der Waals surface area contributed by atoms with Crippen LogP contribution < -0.4 is 0 Å². The van der Waals surface area contributed by atoms with Crippen molar-refractivity contribution in [3.63, 3.8) is 0 Å². The van der Waals surface area contributed by atoms with Gasteiger partial charge < -0.3 is 0 Å². The average molecular weight is 135 g/mol. The molecule has 0 aromatic rings. The molecule has 0 aliphatic heterocycles. The van der Waals surface area contributed by atoms with Crippen LogP contribution in [0.3, 0.4) is 0 Å². The molecule has 0 aliphatic carbocycles. The molecule has 0 atom stereocenters. The maximum Gasteiger partial charge on any atom is 0.0983 e. The summed E-state index contributed by atoms with van der Waals surface area (Å²) >= 11 is 5.40. The van der Waals surface area contributed by atoms with Gasteiger partial charge in [-0.3, -0.25) is 0 Å². The molecule has 46 valence electrons. The van der Waals surface area contributed by atoms with Gasteiger partial charge in [0.25, 0.3) is 0 Å². The quantitative estimate of drug-likeness (QED) is 0.484. The summed E-state index contributed by atoms with van der Waals surface area (Å²) in [6.45, 7) is 3.10. The zero-order valence-corrected chi connectivity index (χ0v) is 5.67. The molecule has 2 heteroatoms. The Labute approximate surface area is 53.7 Å². The summed E-state index contributed by atoms with van der Waals surface area (Å²) in [5.41, 5.74) is 0. The van der Waals surface area contributed by atoms with E-state index in [0.717, 1.165) is 0 Å². The lowest BCUT2D eigenvalue weighted by Gasteiger charge is -1.82. The molecule has 0 nitrogen and oxygen atoms in total. The van der Waals surface area contributed by atoms with Crippen LogP contribution in [0.15, 0.2) is 23.0 Å². The summed E-state index contributed by atoms with van der Waals surface area (Å²) in [6, 6.07) is 0. The van der Waals surface area contributed by atoms with Crippen molar-refractivity contribution in [3.05, 3.63) is 23.0 Å². The lowest BCUT2D eigenvalue weighted by atomic mass is 10.4. The largest absolute Gasteiger partial charge is 0.212 e. The van der Waals surface area contributed by atoms with Crippen LogP contribution in [0.1, 0.15) is 13.8 Å². The van der Waals surface area contributed by atoms with E-state index in [-0.39, 0.29) is 5.83 Å². The second kappa shape index (κ2) is 3.67. The van der Waals surface area contributed by atoms with E-state index in [1.165, 1.54) is 13.0 Å². The Kier molecular flexibility index (Phi) is 3.53. The predicted octanol–water partition coefficient (Wildman–Crippen LogP) is 3.00. The SMILES string of the molecule is C/C=C(Cl)\C=C(/C)F. The maximum absolute atomic E-state index is 11.9. The molecule has 0 saturated carbocycles. The van der Waals surface area contributed by atoms with Crippen LogP contribution in [-0.4, -0.2) is 0 Å². The van der Waals surface area contributed by atoms with Gasteiger partial charge in [-0.2, -0.15) is 0 Å². The highest BCUT2D eigenvalue weighted by molar-refractivity contribution is 6.31. The second-order valence-electron chi connectivity index (χ2n) is 1.40. The molecule has 0 radical (unpaired) electrons. The van der Waals surface area contributed by atoms with E-state index in [1.807, 2.05) is 0 Å². The van der Waals surface area contributed by atoms with Crippen molar-refractivity contribution < 1.29 is 4.39 Å². The molecular weight excluding hydrogens is 127 g/mol. The highest BCUT2D eigenvalue weighted by Gasteiger charge is 1.83. The molecule has 0 amide bonds. The molecule has 0 fully saturated rings. The molecule has 0 aromatic carbocycles. The zero-order chi connectivity index (χ0) is 6.57. The van der Waals surface area contributed by atoms with E-state index < -0.39 is 0 Å². The van der Waals surface area contributed by atoms with Gasteiger partial charge in [0.2, 0.25) is 0 Å². The van der Waals surface area contributed by atoms with Crippen LogP contribution in [0.4, 0.5) is 4.39 Å². The van der Waals surface area contributed by atoms with Crippen LogP contribution in [0.25, 0.3) is 0 Å². The molecule has 0 saturated heterocycles. The Hall–Kier alpha value is -0.300. The first-order chi connectivity index (χ1) is 3.66. The van der Waals surface area contributed by atoms with E-state index in [9.17, 15) is 4.39 Å². The zero-order valence-electron chi connectivity index (χ0n) is 4.91. The Bertz CT molecular complexity index is 120. The summed E-state index contributed by atoms with van der Waals surface area (Å²) in [5, 5.41) is 0.435. The summed E-state index contributed by atoms with van der Waals surface area (Å²) in [7, 11) is 0. The minimum Gasteiger partial charge on any atom is -0.212 e. The first kappa shape index (κ1) is 7.70. The first-order valence-corrected chi connectivity index (χ1v) is 2.70. The first-order valence-electron chi connectivity index (χ1n) is 2.32. The van der Waals surface area contributed by atoms with Gasteiger partial charge in [-0.1, -0.05) is 17.7 Å². The Morgan fingerprint density at radius 3 is 2.25 bits per heavy atom. The fourth-order valence-corrected chi connectivity index (χ4v) is 0.424. The van der Waals surface area contributed by atoms with Crippen LogP contribution in [0.2, 0.25) is 0 Å². The molecular formula is C6H8ClF. The van der Waals surface area contributed by atoms with Gasteiger partial charge in [-0.15, -0.1) is 0 Å². The van der Waals surface area contributed by atoms with Crippen molar-refractivity contribution in [1.29, 1.82) is 0 Å². The van der Waals surface area contributed by atoms with E-state index in [2.05, 4.69) is 0 Å². The smallest absolute Gasteiger partial charge is 0.0983 e. The normalized spacial score (nSPS) is 14.5. The minimum absolute atomic E-state index is 0.270. The molecule has 0 unspecified atom stereocenters. The van der Waals surface area contributed by atoms with Crippen molar-refractivity contribution in [1.82, 2.24) is 0 Å². The van der Waals surface area contributed by atoms with Gasteiger partial charge >= 0.3 is 0 Å². The van der Waals surface area contributed by atoms with Crippen LogP contribution in [0, 0.1) is 0 Å². The van der Waals surface area contributed by atoms with Gasteiger partial charge in [-0.25, -0.2) is 4.39 Å². The van der Waals surface area contributed by atoms with Crippen LogP contribution in [-0.2, 0) is 0 Å². The van der Waals surface area contributed by atoms with Crippen molar-refractivity contribution >= 4 is 11.6 Å². The van der Waals surface area contributed by atoms with Crippen molar-refractivity contribution in [2.75, 3.05) is 0 Å². The number of hydrogen-bond acceptors (Lipinski definition) is 0. The fraction of sp³-hybridized carbons (Fsp3) is 0.333. The Balaban J connectivity index is 3.89. The highest BCUT2D eigenvalue weighted by atomic mass is 35.5. The van der Waals surface area contributed by atoms with Crippen molar-refractivity contribution in [2.24, 2.45) is 0 Å². The van der Waals surface area contributed by atoms with Gasteiger partial charge in [0.05, 0.1) is 5.83 Å². The molecule has 0 aliphatic rings. The van der Waals surface area contributed by atoms with E-state index >= 15 is 0 Å². The number of rotatable bonds is 1. The lowest BCUT2D eigenvalue weighted by Crippen LogP contribution is -1.62. The van der Waals surface area contributed by atoms with Gasteiger partial charge in [0.15, 0.2) is 0 Å². The second-order valence-corrected chi connectivity index (χ2v) is 1.84. The predicted molar refractivity (Wildman–Crippen MR) is 34.5 cm³/mol. The lowest BCUT2D eigenvalue weighted by molar-refractivity contribution is 0.640. The molecule has 0 heterocycles. The van der Waals surface area contributed by atoms with E-state index in [0.29, 0.717) is 5.03 Å². The Morgan fingerprint density at radius 1 is 1.62 bits per heavy atom. The summed E-state index contributed by atoms with van der Waals surface area (Å²) in [6.07, 6.45) is 2.90. The number of hydrogen-bond donors (Lipinski definition) is 0. The van der Waals surface area contributed by atoms with Gasteiger partial charge in [0, 0.05) is 5.03 Å². The van der Waals surface area contributed by atoms with Gasteiger partial charge in [0.1, 0.15) is 0 Å². The topological polar surface area (TPSA) is 0 Å². The van der Waals surface area contributed by atoms with Crippen molar-refractivity contribution in [2.45, 2.75) is 13.8 Å². The number of allylic oxidation sites excluding steroid dienone is 4. The van der Waals surface area contributed by atoms with Gasteiger partial charge in [-0.05, 0) is 19.9 Å². The summed E-state index contributed by atoms with van der Waals surface area (Å²) < 4.78 is 11.9. The summed E-state index contributed by atoms with van der Waals surface area (Å²) in [5.74, 6) is -0.270. The van der Waals surface area contributed by atoms with Crippen LogP contribution >= 0.6 is 11.6 Å². The number of halogens is 2. The Morgan fingerprint density at radius 2 is 2.12 bits per heavy atom. The molecule has 0 N–H and O–H groups in total. The molecule has 0 aromatic heterocycles. The summed E-state index contributed by atoms with van der Waals surface area (Å²) in [4.78, 5) is 0. The third kappa shape index (κ3) is 3.88. The minimum atomic E-state index is -0.270. The third-order valence-electron chi connectivity index (χ3n) is 0.613. The highest BCUT2D eigenvalue weighted by Crippen LogP contribution is 2.06. The molecule has 0 rings (SSSR count). The fourth-order valence-electron chi connectivity index (χ4n) is 0.273. The third-order valence-corrected chi connectivity index (χ3v) is 0.940. The maximum atomic E-state index is 11.9. The van der Waals surface area contributed by atoms with E-state index in [4.69, 9.17) is 11.6 Å². The van der Waals surface area contributed by atoms with Crippen molar-refractivity contribution in [3.8, 4) is 0 Å². The monoisotopic (exact) mass is 134 g/mol. The standard InChI is InChI=1S/C6H8ClF/c1-3-6(7)4-5(2)8/h3-4H,1-2H3/b5-4+,6-3+.